The van der Waals surface area contributed by atoms with Crippen molar-refractivity contribution in [2.24, 2.45) is 0 Å². The van der Waals surface area contributed by atoms with Crippen molar-refractivity contribution in [1.82, 2.24) is 5.32 Å². The molecule has 0 aliphatic carbocycles. The van der Waals surface area contributed by atoms with E-state index in [4.69, 9.17) is 5.26 Å². The van der Waals surface area contributed by atoms with Gasteiger partial charge in [-0.1, -0.05) is 12.1 Å². The molecule has 0 bridgehead atoms. The Kier molecular flexibility index (Phi) is 3.98. The smallest absolute Gasteiger partial charge is 0.239 e. The van der Waals surface area contributed by atoms with Crippen LogP contribution in [0, 0.1) is 11.3 Å². The van der Waals surface area contributed by atoms with Gasteiger partial charge in [0.1, 0.15) is 6.42 Å². The lowest BCUT2D eigenvalue weighted by molar-refractivity contribution is -0.120. The van der Waals surface area contributed by atoms with E-state index < -0.39 is 0 Å². The van der Waals surface area contributed by atoms with Crippen LogP contribution in [0.2, 0.25) is 0 Å². The van der Waals surface area contributed by atoms with Gasteiger partial charge in [-0.2, -0.15) is 5.26 Å². The Morgan fingerprint density at radius 2 is 2.26 bits per heavy atom. The van der Waals surface area contributed by atoms with E-state index in [1.54, 1.807) is 18.2 Å². The monoisotopic (exact) mass is 258 g/mol. The lowest BCUT2D eigenvalue weighted by Gasteiger charge is -2.30. The molecule has 1 saturated heterocycles. The summed E-state index contributed by atoms with van der Waals surface area (Å²) in [6.07, 6.45) is -0.186. The van der Waals surface area contributed by atoms with Crippen LogP contribution in [-0.4, -0.2) is 31.4 Å². The van der Waals surface area contributed by atoms with E-state index in [1.165, 1.54) is 0 Å². The number of rotatable bonds is 3. The van der Waals surface area contributed by atoms with Gasteiger partial charge in [-0.05, 0) is 12.1 Å². The molecule has 1 aliphatic rings. The van der Waals surface area contributed by atoms with E-state index in [0.717, 1.165) is 5.69 Å². The molecule has 6 heteroatoms. The Balaban J connectivity index is 2.18. The summed E-state index contributed by atoms with van der Waals surface area (Å²) in [6, 6.07) is 9.06. The van der Waals surface area contributed by atoms with Crippen molar-refractivity contribution < 1.29 is 9.59 Å². The molecule has 2 rings (SSSR count). The SMILES string of the molecule is N#CCC(=O)Nc1ccccc1N1CCNC(=O)C1. The van der Waals surface area contributed by atoms with Gasteiger partial charge in [0.2, 0.25) is 11.8 Å². The Morgan fingerprint density at radius 3 is 3.00 bits per heavy atom. The van der Waals surface area contributed by atoms with Gasteiger partial charge in [0.25, 0.3) is 0 Å². The molecular formula is C13H14N4O2. The molecule has 1 heterocycles. The van der Waals surface area contributed by atoms with Gasteiger partial charge in [0, 0.05) is 13.1 Å². The third-order valence-electron chi connectivity index (χ3n) is 2.80. The summed E-state index contributed by atoms with van der Waals surface area (Å²) in [5.41, 5.74) is 1.42. The van der Waals surface area contributed by atoms with E-state index in [1.807, 2.05) is 17.0 Å². The predicted octanol–water partition coefficient (Wildman–Crippen LogP) is 0.475. The average Bonchev–Trinajstić information content (AvgIpc) is 2.39. The lowest BCUT2D eigenvalue weighted by Crippen LogP contribution is -2.47. The van der Waals surface area contributed by atoms with Crippen LogP contribution in [0.1, 0.15) is 6.42 Å². The van der Waals surface area contributed by atoms with E-state index in [9.17, 15) is 9.59 Å². The molecule has 0 unspecified atom stereocenters. The number of nitrogens with zero attached hydrogens (tertiary/aromatic N) is 2. The molecule has 1 aromatic carbocycles. The van der Waals surface area contributed by atoms with Crippen LogP contribution in [0.3, 0.4) is 0 Å². The Labute approximate surface area is 111 Å². The number of amides is 2. The third-order valence-corrected chi connectivity index (χ3v) is 2.80. The van der Waals surface area contributed by atoms with Crippen LogP contribution >= 0.6 is 0 Å². The molecule has 0 radical (unpaired) electrons. The molecule has 2 N–H and O–H groups in total. The van der Waals surface area contributed by atoms with Crippen molar-refractivity contribution in [2.75, 3.05) is 29.9 Å². The highest BCUT2D eigenvalue weighted by molar-refractivity contribution is 5.96. The summed E-state index contributed by atoms with van der Waals surface area (Å²) in [5, 5.41) is 13.9. The highest BCUT2D eigenvalue weighted by atomic mass is 16.2. The summed E-state index contributed by atoms with van der Waals surface area (Å²) >= 11 is 0. The Hall–Kier alpha value is -2.55. The number of para-hydroxylation sites is 2. The number of nitrogens with one attached hydrogen (secondary N) is 2. The molecule has 1 aromatic rings. The first-order chi connectivity index (χ1) is 9.20. The number of piperazine rings is 1. The van der Waals surface area contributed by atoms with Gasteiger partial charge in [-0.25, -0.2) is 0 Å². The van der Waals surface area contributed by atoms with Gasteiger partial charge >= 0.3 is 0 Å². The minimum atomic E-state index is -0.351. The number of hydrogen-bond donors (Lipinski definition) is 2. The summed E-state index contributed by atoms with van der Waals surface area (Å²) < 4.78 is 0. The summed E-state index contributed by atoms with van der Waals surface area (Å²) in [6.45, 7) is 1.54. The first-order valence-corrected chi connectivity index (χ1v) is 5.98. The van der Waals surface area contributed by atoms with E-state index >= 15 is 0 Å². The first kappa shape index (κ1) is 12.9. The normalized spacial score (nSPS) is 14.5. The molecule has 1 fully saturated rings. The number of carbonyl (C=O) groups is 2. The molecule has 6 nitrogen and oxygen atoms in total. The second-order valence-electron chi connectivity index (χ2n) is 4.17. The lowest BCUT2D eigenvalue weighted by atomic mass is 10.2. The quantitative estimate of drug-likeness (QED) is 0.825. The molecule has 0 aromatic heterocycles. The maximum Gasteiger partial charge on any atom is 0.239 e. The molecule has 0 spiro atoms. The van der Waals surface area contributed by atoms with E-state index in [0.29, 0.717) is 18.8 Å². The van der Waals surface area contributed by atoms with Crippen LogP contribution in [0.5, 0.6) is 0 Å². The predicted molar refractivity (Wildman–Crippen MR) is 70.5 cm³/mol. The van der Waals surface area contributed by atoms with Gasteiger partial charge in [0.15, 0.2) is 0 Å². The van der Waals surface area contributed by atoms with Crippen molar-refractivity contribution >= 4 is 23.2 Å². The molecule has 0 atom stereocenters. The molecule has 2 amide bonds. The Bertz CT molecular complexity index is 536. The molecule has 0 saturated carbocycles. The topological polar surface area (TPSA) is 85.2 Å². The minimum Gasteiger partial charge on any atom is -0.359 e. The van der Waals surface area contributed by atoms with Crippen molar-refractivity contribution in [1.29, 1.82) is 5.26 Å². The van der Waals surface area contributed by atoms with E-state index in [-0.39, 0.29) is 24.8 Å². The number of anilines is 2. The summed E-state index contributed by atoms with van der Waals surface area (Å²) in [7, 11) is 0. The van der Waals surface area contributed by atoms with Crippen molar-refractivity contribution in [3.63, 3.8) is 0 Å². The fraction of sp³-hybridized carbons (Fsp3) is 0.308. The molecule has 98 valence electrons. The van der Waals surface area contributed by atoms with E-state index in [2.05, 4.69) is 10.6 Å². The van der Waals surface area contributed by atoms with Crippen LogP contribution in [0.4, 0.5) is 11.4 Å². The molecule has 1 aliphatic heterocycles. The average molecular weight is 258 g/mol. The fourth-order valence-corrected chi connectivity index (χ4v) is 1.97. The van der Waals surface area contributed by atoms with Crippen molar-refractivity contribution in [2.45, 2.75) is 6.42 Å². The zero-order valence-electron chi connectivity index (χ0n) is 10.3. The zero-order chi connectivity index (χ0) is 13.7. The van der Waals surface area contributed by atoms with Crippen molar-refractivity contribution in [3.05, 3.63) is 24.3 Å². The van der Waals surface area contributed by atoms with Gasteiger partial charge in [0.05, 0.1) is 24.0 Å². The highest BCUT2D eigenvalue weighted by Crippen LogP contribution is 2.26. The maximum atomic E-state index is 11.5. The van der Waals surface area contributed by atoms with Crippen LogP contribution in [0.15, 0.2) is 24.3 Å². The third kappa shape index (κ3) is 3.22. The van der Waals surface area contributed by atoms with Crippen LogP contribution in [0.25, 0.3) is 0 Å². The standard InChI is InChI=1S/C13H14N4O2/c14-6-5-12(18)16-10-3-1-2-4-11(10)17-8-7-15-13(19)9-17/h1-4H,5,7-9H2,(H,15,19)(H,16,18). The van der Waals surface area contributed by atoms with Crippen molar-refractivity contribution in [3.8, 4) is 6.07 Å². The minimum absolute atomic E-state index is 0.0376. The molecule has 19 heavy (non-hydrogen) atoms. The van der Waals surface area contributed by atoms with Crippen LogP contribution in [-0.2, 0) is 9.59 Å². The van der Waals surface area contributed by atoms with Crippen LogP contribution < -0.4 is 15.5 Å². The second-order valence-corrected chi connectivity index (χ2v) is 4.17. The number of carbonyl (C=O) groups excluding carboxylic acids is 2. The largest absolute Gasteiger partial charge is 0.359 e. The molecular weight excluding hydrogens is 244 g/mol. The van der Waals surface area contributed by atoms with Gasteiger partial charge < -0.3 is 15.5 Å². The first-order valence-electron chi connectivity index (χ1n) is 5.98. The fourth-order valence-electron chi connectivity index (χ4n) is 1.97. The number of nitriles is 1. The second kappa shape index (κ2) is 5.87. The van der Waals surface area contributed by atoms with Gasteiger partial charge in [-0.15, -0.1) is 0 Å². The summed E-state index contributed by atoms with van der Waals surface area (Å²) in [5.74, 6) is -0.388. The Morgan fingerprint density at radius 1 is 1.47 bits per heavy atom. The zero-order valence-corrected chi connectivity index (χ0v) is 10.3. The summed E-state index contributed by atoms with van der Waals surface area (Å²) in [4.78, 5) is 24.8. The maximum absolute atomic E-state index is 11.5. The highest BCUT2D eigenvalue weighted by Gasteiger charge is 2.19. The number of benzene rings is 1. The van der Waals surface area contributed by atoms with Gasteiger partial charge in [-0.3, -0.25) is 9.59 Å². The number of hydrogen-bond acceptors (Lipinski definition) is 4.